The molecule has 0 aromatic heterocycles. The van der Waals surface area contributed by atoms with Gasteiger partial charge < -0.3 is 0 Å². The summed E-state index contributed by atoms with van der Waals surface area (Å²) in [6.45, 7) is 0. The molecule has 0 saturated carbocycles. The molecule has 0 bridgehead atoms. The van der Waals surface area contributed by atoms with Crippen molar-refractivity contribution in [2.45, 2.75) is 0 Å². The molecule has 0 heterocycles. The summed E-state index contributed by atoms with van der Waals surface area (Å²) in [4.78, 5) is 0. The van der Waals surface area contributed by atoms with E-state index in [1.165, 1.54) is 0 Å². The van der Waals surface area contributed by atoms with Crippen LogP contribution in [0.2, 0.25) is 0 Å². The summed E-state index contributed by atoms with van der Waals surface area (Å²) < 4.78 is 0. The van der Waals surface area contributed by atoms with Crippen LogP contribution in [0.5, 0.6) is 0 Å². The second-order valence-corrected chi connectivity index (χ2v) is 0.0816. The molecule has 3 nitrogen and oxygen atoms in total. The maximum atomic E-state index is 6.62. The third-order valence-electron chi connectivity index (χ3n) is 0. The monoisotopic (exact) mass is 165 g/mol. The Morgan fingerprint density at radius 2 is 1.20 bits per heavy atom. The summed E-state index contributed by atoms with van der Waals surface area (Å²) in [7, 11) is 0. The quantitative estimate of drug-likeness (QED) is 0.300. The van der Waals surface area contributed by atoms with Gasteiger partial charge in [-0.1, -0.05) is 5.04 Å². The van der Waals surface area contributed by atoms with Crippen molar-refractivity contribution in [1.82, 2.24) is 0 Å². The molecule has 2 N–H and O–H groups in total. The predicted molar refractivity (Wildman–Crippen MR) is 6.34 cm³/mol. The van der Waals surface area contributed by atoms with Crippen LogP contribution in [0.15, 0.2) is 0 Å². The van der Waals surface area contributed by atoms with Crippen LogP contribution in [-0.4, -0.2) is 10.5 Å². The van der Waals surface area contributed by atoms with Crippen LogP contribution in [0.3, 0.4) is 0 Å². The summed E-state index contributed by atoms with van der Waals surface area (Å²) in [5.74, 6) is 0. The van der Waals surface area contributed by atoms with Gasteiger partial charge in [0.05, 0.1) is 0 Å². The van der Waals surface area contributed by atoms with Gasteiger partial charge in [0, 0.05) is 33.8 Å². The zero-order chi connectivity index (χ0) is 2.71. The Bertz CT molecular complexity index is 6.85. The molecule has 0 aromatic carbocycles. The van der Waals surface area contributed by atoms with E-state index < -0.39 is 0 Å². The first-order chi connectivity index (χ1) is 1.41. The van der Waals surface area contributed by atoms with Gasteiger partial charge in [-0.3, -0.25) is 0 Å². The Kier molecular flexibility index (Phi) is 69.4. The zero-order valence-corrected chi connectivity index (χ0v) is 4.13. The molecule has 0 rings (SSSR count). The molecular formula is H2CoFeO3. The van der Waals surface area contributed by atoms with E-state index in [1.54, 1.807) is 0 Å². The third kappa shape index (κ3) is 50.5. The Balaban J connectivity index is -0.0000000200. The Hall–Kier alpha value is 0.906. The summed E-state index contributed by atoms with van der Waals surface area (Å²) in [6.07, 6.45) is 0. The van der Waals surface area contributed by atoms with E-state index in [1.807, 2.05) is 0 Å². The van der Waals surface area contributed by atoms with Gasteiger partial charge >= 0.3 is 0 Å². The van der Waals surface area contributed by atoms with Crippen molar-refractivity contribution in [3.63, 3.8) is 0 Å². The molecule has 0 aromatic rings. The SMILES string of the molecule is OOO.[Co].[Fe]. The molecule has 0 unspecified atom stereocenters. The van der Waals surface area contributed by atoms with Crippen molar-refractivity contribution >= 4 is 0 Å². The van der Waals surface area contributed by atoms with Crippen molar-refractivity contribution in [2.24, 2.45) is 0 Å². The van der Waals surface area contributed by atoms with Gasteiger partial charge in [0.2, 0.25) is 0 Å². The molecule has 0 spiro atoms. The van der Waals surface area contributed by atoms with Crippen molar-refractivity contribution < 1.29 is 49.4 Å². The maximum Gasteiger partial charge on any atom is 0 e. The Morgan fingerprint density at radius 3 is 1.20 bits per heavy atom. The third-order valence-corrected chi connectivity index (χ3v) is 0. The van der Waals surface area contributed by atoms with Crippen LogP contribution in [0.25, 0.3) is 0 Å². The first kappa shape index (κ1) is 16.8. The zero-order valence-electron chi connectivity index (χ0n) is 1.99. The van der Waals surface area contributed by atoms with E-state index in [0.29, 0.717) is 0 Å². The normalized spacial score (nSPS) is 3.60. The van der Waals surface area contributed by atoms with Crippen LogP contribution >= 0.6 is 0 Å². The van der Waals surface area contributed by atoms with Crippen LogP contribution in [0, 0.1) is 0 Å². The maximum absolute atomic E-state index is 6.62. The molecule has 37 valence electrons. The van der Waals surface area contributed by atoms with Crippen molar-refractivity contribution in [2.75, 3.05) is 0 Å². The van der Waals surface area contributed by atoms with Gasteiger partial charge in [-0.25, -0.2) is 10.5 Å². The molecule has 0 aliphatic carbocycles. The molecule has 0 fully saturated rings. The standard InChI is InChI=1S/Co.Fe.H2O3/c;;1-3-2/h;;1-2H. The van der Waals surface area contributed by atoms with Crippen LogP contribution in [-0.2, 0) is 38.9 Å². The summed E-state index contributed by atoms with van der Waals surface area (Å²) in [5, 5.41) is 15.5. The van der Waals surface area contributed by atoms with Crippen molar-refractivity contribution in [1.29, 1.82) is 0 Å². The van der Waals surface area contributed by atoms with E-state index in [-0.39, 0.29) is 33.8 Å². The van der Waals surface area contributed by atoms with E-state index in [0.717, 1.165) is 0 Å². The Labute approximate surface area is 49.9 Å². The average molecular weight is 165 g/mol. The fourth-order valence-corrected chi connectivity index (χ4v) is 0. The van der Waals surface area contributed by atoms with Crippen LogP contribution in [0.1, 0.15) is 0 Å². The topological polar surface area (TPSA) is 49.7 Å². The number of rotatable bonds is 0. The first-order valence-corrected chi connectivity index (χ1v) is 0.365. The van der Waals surface area contributed by atoms with Crippen molar-refractivity contribution in [3.8, 4) is 0 Å². The molecule has 0 atom stereocenters. The van der Waals surface area contributed by atoms with E-state index in [4.69, 9.17) is 10.5 Å². The van der Waals surface area contributed by atoms with E-state index in [2.05, 4.69) is 5.04 Å². The minimum atomic E-state index is 0. The summed E-state index contributed by atoms with van der Waals surface area (Å²) in [5.41, 5.74) is 0. The largest absolute Gasteiger partial charge is 0.221 e. The fraction of sp³-hybridized carbons (Fsp3) is 0. The van der Waals surface area contributed by atoms with Gasteiger partial charge in [-0.05, 0) is 0 Å². The average Bonchev–Trinajstić information content (AvgIpc) is 0.918. The van der Waals surface area contributed by atoms with Crippen molar-refractivity contribution in [3.05, 3.63) is 0 Å². The van der Waals surface area contributed by atoms with Gasteiger partial charge in [0.15, 0.2) is 0 Å². The van der Waals surface area contributed by atoms with Crippen LogP contribution < -0.4 is 0 Å². The number of hydrogen-bond donors (Lipinski definition) is 2. The second kappa shape index (κ2) is 20.6. The van der Waals surface area contributed by atoms with Gasteiger partial charge in [0.25, 0.3) is 0 Å². The minimum Gasteiger partial charge on any atom is -0.221 e. The molecule has 0 amide bonds. The van der Waals surface area contributed by atoms with Gasteiger partial charge in [-0.15, -0.1) is 0 Å². The molecule has 0 saturated heterocycles. The molecule has 0 aliphatic rings. The molecular weight excluding hydrogens is 163 g/mol. The minimum absolute atomic E-state index is 0. The predicted octanol–water partition coefficient (Wildman–Crippen LogP) is -0.0560. The summed E-state index contributed by atoms with van der Waals surface area (Å²) >= 11 is 0. The van der Waals surface area contributed by atoms with E-state index in [9.17, 15) is 0 Å². The van der Waals surface area contributed by atoms with Crippen LogP contribution in [0.4, 0.5) is 0 Å². The molecule has 0 aliphatic heterocycles. The molecule has 5 heteroatoms. The molecule has 5 heavy (non-hydrogen) atoms. The smallest absolute Gasteiger partial charge is 0 e. The number of hydrogen-bond acceptors (Lipinski definition) is 3. The second-order valence-electron chi connectivity index (χ2n) is 0.0816. The molecule has 1 radical (unpaired) electrons. The van der Waals surface area contributed by atoms with E-state index >= 15 is 0 Å². The summed E-state index contributed by atoms with van der Waals surface area (Å²) in [6, 6.07) is 0. The van der Waals surface area contributed by atoms with Gasteiger partial charge in [-0.2, -0.15) is 0 Å². The first-order valence-electron chi connectivity index (χ1n) is 0.365. The Morgan fingerprint density at radius 1 is 1.20 bits per heavy atom. The fourth-order valence-electron chi connectivity index (χ4n) is 0. The van der Waals surface area contributed by atoms with Gasteiger partial charge in [0.1, 0.15) is 0 Å².